The lowest BCUT2D eigenvalue weighted by atomic mass is 9.99. The first kappa shape index (κ1) is 23.1. The zero-order chi connectivity index (χ0) is 22.6. The van der Waals surface area contributed by atoms with Gasteiger partial charge in [-0.2, -0.15) is 0 Å². The second-order valence-corrected chi connectivity index (χ2v) is 8.99. The van der Waals surface area contributed by atoms with Gasteiger partial charge < -0.3 is 15.2 Å². The zero-order valence-electron chi connectivity index (χ0n) is 18.1. The van der Waals surface area contributed by atoms with E-state index < -0.39 is 11.5 Å². The Morgan fingerprint density at radius 3 is 2.61 bits per heavy atom. The van der Waals surface area contributed by atoms with Crippen LogP contribution in [0.15, 0.2) is 48.5 Å². The maximum atomic E-state index is 13.0. The summed E-state index contributed by atoms with van der Waals surface area (Å²) in [6.45, 7) is 7.95. The number of carboxylic acids is 1. The average Bonchev–Trinajstić information content (AvgIpc) is 3.22. The Morgan fingerprint density at radius 1 is 1.26 bits per heavy atom. The Bertz CT molecular complexity index is 929. The second kappa shape index (κ2) is 9.71. The monoisotopic (exact) mass is 444 g/mol. The summed E-state index contributed by atoms with van der Waals surface area (Å²) in [5, 5.41) is 12.7. The molecule has 0 saturated carbocycles. The summed E-state index contributed by atoms with van der Waals surface area (Å²) in [5.74, 6) is 0.0729. The number of carboxylic acid groups (broad SMARTS) is 1. The second-order valence-electron chi connectivity index (χ2n) is 8.55. The largest absolute Gasteiger partial charge is 0.493 e. The van der Waals surface area contributed by atoms with Crippen LogP contribution >= 0.6 is 11.6 Å². The molecule has 2 aromatic carbocycles. The zero-order valence-corrected chi connectivity index (χ0v) is 18.9. The summed E-state index contributed by atoms with van der Waals surface area (Å²) in [5.41, 5.74) is 0.425. The molecular formula is C24H29ClN2O4. The van der Waals surface area contributed by atoms with Crippen molar-refractivity contribution in [1.82, 2.24) is 10.2 Å². The van der Waals surface area contributed by atoms with Gasteiger partial charge in [0.15, 0.2) is 0 Å². The van der Waals surface area contributed by atoms with Gasteiger partial charge in [0.25, 0.3) is 0 Å². The molecule has 7 heteroatoms. The maximum Gasteiger partial charge on any atom is 0.335 e. The van der Waals surface area contributed by atoms with E-state index in [0.29, 0.717) is 17.5 Å². The van der Waals surface area contributed by atoms with E-state index in [1.54, 1.807) is 30.3 Å². The van der Waals surface area contributed by atoms with Gasteiger partial charge in [0.2, 0.25) is 5.91 Å². The molecule has 31 heavy (non-hydrogen) atoms. The summed E-state index contributed by atoms with van der Waals surface area (Å²) in [7, 11) is 0. The molecule has 166 valence electrons. The number of aromatic carboxylic acids is 1. The highest BCUT2D eigenvalue weighted by molar-refractivity contribution is 6.30. The van der Waals surface area contributed by atoms with E-state index in [-0.39, 0.29) is 17.5 Å². The van der Waals surface area contributed by atoms with E-state index in [4.69, 9.17) is 21.4 Å². The number of carbonyl (C=O) groups excluding carboxylic acids is 1. The van der Waals surface area contributed by atoms with Crippen LogP contribution in [0.1, 0.15) is 49.2 Å². The molecule has 1 unspecified atom stereocenters. The van der Waals surface area contributed by atoms with E-state index >= 15 is 0 Å². The number of rotatable bonds is 8. The number of carbonyl (C=O) groups is 2. The van der Waals surface area contributed by atoms with Crippen molar-refractivity contribution in [3.8, 4) is 5.75 Å². The average molecular weight is 445 g/mol. The van der Waals surface area contributed by atoms with Gasteiger partial charge in [0.05, 0.1) is 23.8 Å². The van der Waals surface area contributed by atoms with E-state index in [2.05, 4.69) is 10.2 Å². The highest BCUT2D eigenvalue weighted by Gasteiger charge is 2.39. The van der Waals surface area contributed by atoms with Crippen molar-refractivity contribution < 1.29 is 19.4 Å². The third-order valence-electron chi connectivity index (χ3n) is 5.92. The smallest absolute Gasteiger partial charge is 0.335 e. The number of amides is 1. The topological polar surface area (TPSA) is 78.9 Å². The Hall–Kier alpha value is -2.57. The highest BCUT2D eigenvalue weighted by Crippen LogP contribution is 2.27. The minimum absolute atomic E-state index is 0.0567. The molecule has 2 aromatic rings. The lowest BCUT2D eigenvalue weighted by molar-refractivity contribution is -0.131. The molecule has 0 aromatic heterocycles. The Kier molecular flexibility index (Phi) is 7.23. The Morgan fingerprint density at radius 2 is 1.97 bits per heavy atom. The minimum Gasteiger partial charge on any atom is -0.493 e. The lowest BCUT2D eigenvalue weighted by Crippen LogP contribution is -2.54. The first-order chi connectivity index (χ1) is 14.7. The van der Waals surface area contributed by atoms with E-state index in [1.807, 2.05) is 39.0 Å². The van der Waals surface area contributed by atoms with Crippen LogP contribution in [0.25, 0.3) is 0 Å². The standard InChI is InChI=1S/C24H29ClN2O4/c1-16(18-7-9-19(10-8-18)22(28)29)26-23(30)24(2,3)27-12-11-17(14-27)15-31-21-6-4-5-20(25)13-21/h4-10,13,16-17H,11-12,14-15H2,1-3H3,(H,26,30)(H,28,29)/t16-,17?/m0/s1. The van der Waals surface area contributed by atoms with Crippen LogP contribution in [0.2, 0.25) is 5.02 Å². The molecule has 3 rings (SSSR count). The Labute approximate surface area is 188 Å². The molecule has 1 amide bonds. The number of nitrogens with zero attached hydrogens (tertiary/aromatic N) is 1. The molecule has 1 heterocycles. The first-order valence-corrected chi connectivity index (χ1v) is 10.8. The summed E-state index contributed by atoms with van der Waals surface area (Å²) < 4.78 is 5.89. The molecule has 2 N–H and O–H groups in total. The minimum atomic E-state index is -0.965. The third-order valence-corrected chi connectivity index (χ3v) is 6.15. The molecule has 1 saturated heterocycles. The summed E-state index contributed by atoms with van der Waals surface area (Å²) in [6.07, 6.45) is 0.962. The fourth-order valence-corrected chi connectivity index (χ4v) is 3.94. The number of likely N-dealkylation sites (tertiary alicyclic amines) is 1. The summed E-state index contributed by atoms with van der Waals surface area (Å²) in [4.78, 5) is 26.2. The fourth-order valence-electron chi connectivity index (χ4n) is 3.76. The molecule has 0 bridgehead atoms. The normalized spacial score (nSPS) is 17.9. The van der Waals surface area contributed by atoms with Crippen molar-refractivity contribution in [3.63, 3.8) is 0 Å². The first-order valence-electron chi connectivity index (χ1n) is 10.4. The number of benzene rings is 2. The molecule has 1 fully saturated rings. The maximum absolute atomic E-state index is 13.0. The molecule has 0 radical (unpaired) electrons. The van der Waals surface area contributed by atoms with E-state index in [9.17, 15) is 9.59 Å². The Balaban J connectivity index is 1.54. The van der Waals surface area contributed by atoms with Gasteiger partial charge in [-0.3, -0.25) is 9.69 Å². The molecular weight excluding hydrogens is 416 g/mol. The van der Waals surface area contributed by atoms with Crippen molar-refractivity contribution in [2.24, 2.45) is 5.92 Å². The molecule has 2 atom stereocenters. The van der Waals surface area contributed by atoms with Crippen molar-refractivity contribution in [2.75, 3.05) is 19.7 Å². The number of hydrogen-bond acceptors (Lipinski definition) is 4. The van der Waals surface area contributed by atoms with Crippen LogP contribution < -0.4 is 10.1 Å². The van der Waals surface area contributed by atoms with Gasteiger partial charge in [0.1, 0.15) is 5.75 Å². The van der Waals surface area contributed by atoms with Gasteiger partial charge in [0, 0.05) is 17.5 Å². The van der Waals surface area contributed by atoms with Crippen molar-refractivity contribution in [1.29, 1.82) is 0 Å². The number of nitrogens with one attached hydrogen (secondary N) is 1. The number of ether oxygens (including phenoxy) is 1. The van der Waals surface area contributed by atoms with Gasteiger partial charge >= 0.3 is 5.97 Å². The van der Waals surface area contributed by atoms with Crippen LogP contribution in [-0.2, 0) is 4.79 Å². The number of halogens is 1. The summed E-state index contributed by atoms with van der Waals surface area (Å²) >= 11 is 6.01. The predicted octanol–water partition coefficient (Wildman–Crippen LogP) is 4.39. The van der Waals surface area contributed by atoms with Crippen LogP contribution in [0.4, 0.5) is 0 Å². The SMILES string of the molecule is C[C@H](NC(=O)C(C)(C)N1CCC(COc2cccc(Cl)c2)C1)c1ccc(C(=O)O)cc1. The lowest BCUT2D eigenvalue weighted by Gasteiger charge is -2.35. The molecule has 6 nitrogen and oxygen atoms in total. The predicted molar refractivity (Wildman–Crippen MR) is 121 cm³/mol. The molecule has 0 spiro atoms. The van der Waals surface area contributed by atoms with Crippen LogP contribution in [-0.4, -0.2) is 47.1 Å². The highest BCUT2D eigenvalue weighted by atomic mass is 35.5. The van der Waals surface area contributed by atoms with Crippen molar-refractivity contribution in [2.45, 2.75) is 38.8 Å². The van der Waals surface area contributed by atoms with E-state index in [0.717, 1.165) is 30.8 Å². The molecule has 0 aliphatic carbocycles. The van der Waals surface area contributed by atoms with Crippen LogP contribution in [0.5, 0.6) is 5.75 Å². The van der Waals surface area contributed by atoms with Crippen molar-refractivity contribution >= 4 is 23.5 Å². The third kappa shape index (κ3) is 5.77. The van der Waals surface area contributed by atoms with Crippen molar-refractivity contribution in [3.05, 3.63) is 64.7 Å². The van der Waals surface area contributed by atoms with Crippen LogP contribution in [0, 0.1) is 5.92 Å². The summed E-state index contributed by atoms with van der Waals surface area (Å²) in [6, 6.07) is 13.7. The fraction of sp³-hybridized carbons (Fsp3) is 0.417. The number of hydrogen-bond donors (Lipinski definition) is 2. The quantitative estimate of drug-likeness (QED) is 0.631. The van der Waals surface area contributed by atoms with E-state index in [1.165, 1.54) is 0 Å². The van der Waals surface area contributed by atoms with Gasteiger partial charge in [-0.15, -0.1) is 0 Å². The molecule has 1 aliphatic rings. The van der Waals surface area contributed by atoms with Gasteiger partial charge in [-0.25, -0.2) is 4.79 Å². The van der Waals surface area contributed by atoms with Gasteiger partial charge in [-0.05, 0) is 69.6 Å². The van der Waals surface area contributed by atoms with Crippen LogP contribution in [0.3, 0.4) is 0 Å². The molecule has 1 aliphatic heterocycles. The van der Waals surface area contributed by atoms with Gasteiger partial charge in [-0.1, -0.05) is 29.8 Å².